The maximum atomic E-state index is 13.6. The van der Waals surface area contributed by atoms with Gasteiger partial charge in [0.25, 0.3) is 0 Å². The van der Waals surface area contributed by atoms with Gasteiger partial charge in [0, 0.05) is 30.1 Å². The molecule has 23 heavy (non-hydrogen) atoms. The smallest absolute Gasteiger partial charge is 0.225 e. The number of rotatable bonds is 6. The largest absolute Gasteiger partial charge is 0.325 e. The lowest BCUT2D eigenvalue weighted by atomic mass is 10.2. The second kappa shape index (κ2) is 8.29. The fourth-order valence-electron chi connectivity index (χ4n) is 2.09. The maximum absolute atomic E-state index is 13.6. The van der Waals surface area contributed by atoms with Crippen LogP contribution in [0.4, 0.5) is 10.1 Å². The zero-order chi connectivity index (χ0) is 16.8. The Labute approximate surface area is 145 Å². The first-order valence-corrected chi connectivity index (χ1v) is 7.88. The van der Waals surface area contributed by atoms with Gasteiger partial charge in [-0.2, -0.15) is 0 Å². The van der Waals surface area contributed by atoms with E-state index in [9.17, 15) is 9.18 Å². The fraction of sp³-hybridized carbons (Fsp3) is 0.235. The number of nitrogens with one attached hydrogen (secondary N) is 1. The minimum Gasteiger partial charge on any atom is -0.325 e. The highest BCUT2D eigenvalue weighted by Gasteiger charge is 2.10. The molecule has 0 bridgehead atoms. The summed E-state index contributed by atoms with van der Waals surface area (Å²) >= 11 is 11.9. The first kappa shape index (κ1) is 17.7. The van der Waals surface area contributed by atoms with Crippen molar-refractivity contribution in [3.8, 4) is 0 Å². The lowest BCUT2D eigenvalue weighted by molar-refractivity contribution is -0.116. The number of nitrogens with zero attached hydrogens (tertiary/aromatic N) is 1. The van der Waals surface area contributed by atoms with Gasteiger partial charge in [0.1, 0.15) is 5.82 Å². The standard InChI is InChI=1S/C17H17Cl2FN2O/c1-22(11-12-4-2-3-5-15(12)20)9-8-17(23)21-16-10-13(18)6-7-14(16)19/h2-7,10H,8-9,11H2,1H3,(H,21,23). The highest BCUT2D eigenvalue weighted by molar-refractivity contribution is 6.35. The maximum Gasteiger partial charge on any atom is 0.225 e. The molecule has 0 aliphatic carbocycles. The van der Waals surface area contributed by atoms with Crippen LogP contribution in [-0.4, -0.2) is 24.4 Å². The van der Waals surface area contributed by atoms with Crippen LogP contribution in [-0.2, 0) is 11.3 Å². The average molecular weight is 355 g/mol. The van der Waals surface area contributed by atoms with E-state index >= 15 is 0 Å². The molecule has 0 saturated carbocycles. The lowest BCUT2D eigenvalue weighted by Crippen LogP contribution is -2.24. The summed E-state index contributed by atoms with van der Waals surface area (Å²) in [4.78, 5) is 13.9. The predicted octanol–water partition coefficient (Wildman–Crippen LogP) is 4.59. The summed E-state index contributed by atoms with van der Waals surface area (Å²) in [6, 6.07) is 11.5. The SMILES string of the molecule is CN(CCC(=O)Nc1cc(Cl)ccc1Cl)Cc1ccccc1F. The second-order valence-corrected chi connectivity index (χ2v) is 6.10. The molecule has 0 atom stereocenters. The monoisotopic (exact) mass is 354 g/mol. The van der Waals surface area contributed by atoms with E-state index in [2.05, 4.69) is 5.32 Å². The van der Waals surface area contributed by atoms with Gasteiger partial charge in [0.05, 0.1) is 10.7 Å². The zero-order valence-electron chi connectivity index (χ0n) is 12.7. The highest BCUT2D eigenvalue weighted by Crippen LogP contribution is 2.25. The number of hydrogen-bond acceptors (Lipinski definition) is 2. The van der Waals surface area contributed by atoms with Crippen LogP contribution in [0.1, 0.15) is 12.0 Å². The molecule has 0 spiro atoms. The number of halogens is 3. The minimum absolute atomic E-state index is 0.172. The predicted molar refractivity (Wildman–Crippen MR) is 92.4 cm³/mol. The third-order valence-corrected chi connectivity index (χ3v) is 3.89. The molecule has 122 valence electrons. The molecule has 2 aromatic carbocycles. The van der Waals surface area contributed by atoms with Gasteiger partial charge in [0.2, 0.25) is 5.91 Å². The summed E-state index contributed by atoms with van der Waals surface area (Å²) in [6.07, 6.45) is 0.272. The van der Waals surface area contributed by atoms with Gasteiger partial charge >= 0.3 is 0 Å². The highest BCUT2D eigenvalue weighted by atomic mass is 35.5. The fourth-order valence-corrected chi connectivity index (χ4v) is 2.43. The molecule has 0 aliphatic rings. The molecule has 3 nitrogen and oxygen atoms in total. The van der Waals surface area contributed by atoms with Crippen LogP contribution in [0.2, 0.25) is 10.0 Å². The van der Waals surface area contributed by atoms with E-state index in [1.54, 1.807) is 36.4 Å². The van der Waals surface area contributed by atoms with Crippen LogP contribution in [0.3, 0.4) is 0 Å². The normalized spacial score (nSPS) is 10.8. The van der Waals surface area contributed by atoms with E-state index in [4.69, 9.17) is 23.2 Å². The van der Waals surface area contributed by atoms with Crippen molar-refractivity contribution in [2.45, 2.75) is 13.0 Å². The Morgan fingerprint density at radius 2 is 1.96 bits per heavy atom. The third kappa shape index (κ3) is 5.50. The Bertz CT molecular complexity index is 694. The zero-order valence-corrected chi connectivity index (χ0v) is 14.2. The van der Waals surface area contributed by atoms with Crippen LogP contribution in [0, 0.1) is 5.82 Å². The number of benzene rings is 2. The van der Waals surface area contributed by atoms with Crippen molar-refractivity contribution < 1.29 is 9.18 Å². The van der Waals surface area contributed by atoms with Gasteiger partial charge < -0.3 is 10.2 Å². The van der Waals surface area contributed by atoms with Crippen molar-refractivity contribution >= 4 is 34.8 Å². The number of amides is 1. The van der Waals surface area contributed by atoms with Crippen molar-refractivity contribution in [1.82, 2.24) is 4.90 Å². The molecular weight excluding hydrogens is 338 g/mol. The van der Waals surface area contributed by atoms with Crippen molar-refractivity contribution in [2.24, 2.45) is 0 Å². The quantitative estimate of drug-likeness (QED) is 0.822. The van der Waals surface area contributed by atoms with Crippen molar-refractivity contribution in [2.75, 3.05) is 18.9 Å². The Hall–Kier alpha value is -1.62. The number of anilines is 1. The van der Waals surface area contributed by atoms with E-state index in [0.717, 1.165) is 0 Å². The van der Waals surface area contributed by atoms with E-state index in [0.29, 0.717) is 34.4 Å². The number of hydrogen-bond donors (Lipinski definition) is 1. The van der Waals surface area contributed by atoms with Gasteiger partial charge in [-0.15, -0.1) is 0 Å². The van der Waals surface area contributed by atoms with Gasteiger partial charge in [-0.25, -0.2) is 4.39 Å². The van der Waals surface area contributed by atoms with E-state index in [1.165, 1.54) is 6.07 Å². The first-order valence-electron chi connectivity index (χ1n) is 7.12. The van der Waals surface area contributed by atoms with E-state index < -0.39 is 0 Å². The molecule has 0 radical (unpaired) electrons. The van der Waals surface area contributed by atoms with Gasteiger partial charge in [-0.3, -0.25) is 4.79 Å². The minimum atomic E-state index is -0.241. The molecule has 6 heteroatoms. The summed E-state index contributed by atoms with van der Waals surface area (Å²) in [5, 5.41) is 3.66. The molecule has 0 heterocycles. The van der Waals surface area contributed by atoms with Gasteiger partial charge in [-0.1, -0.05) is 41.4 Å². The average Bonchev–Trinajstić information content (AvgIpc) is 2.51. The van der Waals surface area contributed by atoms with Crippen LogP contribution >= 0.6 is 23.2 Å². The van der Waals surface area contributed by atoms with E-state index in [-0.39, 0.29) is 18.1 Å². The van der Waals surface area contributed by atoms with E-state index in [1.807, 2.05) is 11.9 Å². The first-order chi connectivity index (χ1) is 11.0. The molecule has 0 unspecified atom stereocenters. The molecule has 2 rings (SSSR count). The molecule has 0 aromatic heterocycles. The summed E-state index contributed by atoms with van der Waals surface area (Å²) in [7, 11) is 1.84. The van der Waals surface area contributed by atoms with Gasteiger partial charge in [0.15, 0.2) is 0 Å². The number of carbonyl (C=O) groups excluding carboxylic acids is 1. The Morgan fingerprint density at radius 1 is 1.22 bits per heavy atom. The molecule has 0 fully saturated rings. The van der Waals surface area contributed by atoms with Crippen LogP contribution in [0.25, 0.3) is 0 Å². The third-order valence-electron chi connectivity index (χ3n) is 3.32. The van der Waals surface area contributed by atoms with Crippen molar-refractivity contribution in [3.63, 3.8) is 0 Å². The van der Waals surface area contributed by atoms with Crippen molar-refractivity contribution in [3.05, 3.63) is 63.9 Å². The lowest BCUT2D eigenvalue weighted by Gasteiger charge is -2.17. The molecule has 1 amide bonds. The van der Waals surface area contributed by atoms with Crippen LogP contribution in [0.15, 0.2) is 42.5 Å². The number of carbonyl (C=O) groups is 1. The van der Waals surface area contributed by atoms with Crippen molar-refractivity contribution in [1.29, 1.82) is 0 Å². The topological polar surface area (TPSA) is 32.3 Å². The Kier molecular flexibility index (Phi) is 6.39. The molecule has 1 N–H and O–H groups in total. The van der Waals surface area contributed by atoms with Crippen LogP contribution in [0.5, 0.6) is 0 Å². The second-order valence-electron chi connectivity index (χ2n) is 5.25. The van der Waals surface area contributed by atoms with Gasteiger partial charge in [-0.05, 0) is 31.3 Å². The summed E-state index contributed by atoms with van der Waals surface area (Å²) in [5.41, 5.74) is 1.09. The Morgan fingerprint density at radius 3 is 2.70 bits per heavy atom. The van der Waals surface area contributed by atoms with Crippen LogP contribution < -0.4 is 5.32 Å². The molecule has 0 saturated heterocycles. The summed E-state index contributed by atoms with van der Waals surface area (Å²) < 4.78 is 13.6. The molecule has 2 aromatic rings. The molecule has 0 aliphatic heterocycles. The summed E-state index contributed by atoms with van der Waals surface area (Å²) in [5.74, 6) is -0.413. The Balaban J connectivity index is 1.84. The molecular formula is C17H17Cl2FN2O. The summed E-state index contributed by atoms with van der Waals surface area (Å²) in [6.45, 7) is 0.941.